The van der Waals surface area contributed by atoms with Crippen LogP contribution in [0.3, 0.4) is 0 Å². The van der Waals surface area contributed by atoms with E-state index in [0.717, 1.165) is 36.3 Å². The van der Waals surface area contributed by atoms with Crippen molar-refractivity contribution in [1.82, 2.24) is 4.98 Å². The number of benzene rings is 2. The summed E-state index contributed by atoms with van der Waals surface area (Å²) >= 11 is 2.63. The van der Waals surface area contributed by atoms with Crippen LogP contribution in [0.1, 0.15) is 32.1 Å². The van der Waals surface area contributed by atoms with Crippen molar-refractivity contribution in [3.63, 3.8) is 0 Å². The van der Waals surface area contributed by atoms with E-state index in [-0.39, 0.29) is 29.2 Å². The van der Waals surface area contributed by atoms with Crippen molar-refractivity contribution >= 4 is 51.4 Å². The first-order chi connectivity index (χ1) is 16.5. The number of non-ortho nitro benzene ring substituents is 1. The second-order valence-corrected chi connectivity index (χ2v) is 9.94. The Morgan fingerprint density at radius 1 is 1.09 bits per heavy atom. The number of nitro benzene ring substituents is 1. The quantitative estimate of drug-likeness (QED) is 0.226. The molecule has 1 fully saturated rings. The number of carbonyl (C=O) groups is 2. The predicted molar refractivity (Wildman–Crippen MR) is 135 cm³/mol. The van der Waals surface area contributed by atoms with Gasteiger partial charge in [-0.1, -0.05) is 37.5 Å². The van der Waals surface area contributed by atoms with Gasteiger partial charge < -0.3 is 10.6 Å². The third-order valence-corrected chi connectivity index (χ3v) is 7.30. The summed E-state index contributed by atoms with van der Waals surface area (Å²) in [4.78, 5) is 40.7. The van der Waals surface area contributed by atoms with Crippen molar-refractivity contribution in [1.29, 1.82) is 0 Å². The number of nitro groups is 1. The molecule has 1 aliphatic rings. The molecule has 4 rings (SSSR count). The van der Waals surface area contributed by atoms with E-state index in [9.17, 15) is 19.7 Å². The summed E-state index contributed by atoms with van der Waals surface area (Å²) in [5, 5.41) is 18.9. The Bertz CT molecular complexity index is 1190. The number of thiazole rings is 1. The molecule has 1 saturated carbocycles. The van der Waals surface area contributed by atoms with E-state index in [1.54, 1.807) is 17.5 Å². The van der Waals surface area contributed by atoms with E-state index in [0.29, 0.717) is 16.4 Å². The van der Waals surface area contributed by atoms with Crippen LogP contribution in [0, 0.1) is 16.0 Å². The number of nitrogens with zero attached hydrogens (tertiary/aromatic N) is 2. The van der Waals surface area contributed by atoms with Crippen LogP contribution in [0.4, 0.5) is 16.5 Å². The van der Waals surface area contributed by atoms with Gasteiger partial charge in [0, 0.05) is 39.6 Å². The highest BCUT2D eigenvalue weighted by Gasteiger charge is 2.21. The number of nitrogens with one attached hydrogen (secondary N) is 2. The highest BCUT2D eigenvalue weighted by atomic mass is 32.2. The van der Waals surface area contributed by atoms with Crippen LogP contribution in [-0.2, 0) is 9.59 Å². The molecule has 8 nitrogen and oxygen atoms in total. The average Bonchev–Trinajstić information content (AvgIpc) is 3.32. The fourth-order valence-corrected chi connectivity index (χ4v) is 5.31. The summed E-state index contributed by atoms with van der Waals surface area (Å²) in [6.45, 7) is 0. The van der Waals surface area contributed by atoms with E-state index >= 15 is 0 Å². The van der Waals surface area contributed by atoms with Crippen molar-refractivity contribution < 1.29 is 14.5 Å². The lowest BCUT2D eigenvalue weighted by Gasteiger charge is -2.20. The molecule has 0 radical (unpaired) electrons. The number of thioether (sulfide) groups is 1. The first kappa shape index (κ1) is 23.9. The van der Waals surface area contributed by atoms with Gasteiger partial charge in [-0.2, -0.15) is 0 Å². The Hall–Kier alpha value is -3.24. The zero-order valence-electron chi connectivity index (χ0n) is 18.4. The Labute approximate surface area is 205 Å². The van der Waals surface area contributed by atoms with Crippen molar-refractivity contribution in [3.05, 3.63) is 64.0 Å². The smallest absolute Gasteiger partial charge is 0.270 e. The molecule has 3 aromatic rings. The average molecular weight is 497 g/mol. The van der Waals surface area contributed by atoms with Crippen molar-refractivity contribution in [2.45, 2.75) is 37.0 Å². The van der Waals surface area contributed by atoms with Crippen LogP contribution in [0.5, 0.6) is 0 Å². The zero-order chi connectivity index (χ0) is 23.9. The molecule has 1 aromatic heterocycles. The van der Waals surface area contributed by atoms with E-state index in [1.807, 2.05) is 24.3 Å². The normalized spacial score (nSPS) is 13.9. The Morgan fingerprint density at radius 2 is 1.88 bits per heavy atom. The topological polar surface area (TPSA) is 114 Å². The Morgan fingerprint density at radius 3 is 2.68 bits per heavy atom. The SMILES string of the molecule is O=C(CSc1cccc(NC(=O)C2CCCCC2)c1)Nc1nc(-c2cccc([N+](=O)[O-])c2)cs1. The lowest BCUT2D eigenvalue weighted by molar-refractivity contribution is -0.384. The first-order valence-electron chi connectivity index (χ1n) is 11.0. The third-order valence-electron chi connectivity index (χ3n) is 5.55. The summed E-state index contributed by atoms with van der Waals surface area (Å²) in [5.41, 5.74) is 1.91. The molecule has 0 unspecified atom stereocenters. The van der Waals surface area contributed by atoms with Gasteiger partial charge in [0.05, 0.1) is 16.4 Å². The highest BCUT2D eigenvalue weighted by molar-refractivity contribution is 8.00. The van der Waals surface area contributed by atoms with Gasteiger partial charge in [0.1, 0.15) is 0 Å². The van der Waals surface area contributed by atoms with Crippen LogP contribution >= 0.6 is 23.1 Å². The van der Waals surface area contributed by atoms with Gasteiger partial charge in [-0.25, -0.2) is 4.98 Å². The predicted octanol–water partition coefficient (Wildman–Crippen LogP) is 5.97. The maximum absolute atomic E-state index is 12.5. The molecule has 176 valence electrons. The molecule has 2 N–H and O–H groups in total. The van der Waals surface area contributed by atoms with Crippen molar-refractivity contribution in [2.75, 3.05) is 16.4 Å². The molecule has 0 atom stereocenters. The molecule has 0 saturated heterocycles. The fourth-order valence-electron chi connectivity index (χ4n) is 3.82. The van der Waals surface area contributed by atoms with Crippen LogP contribution in [-0.4, -0.2) is 27.5 Å². The molecular formula is C24H24N4O4S2. The van der Waals surface area contributed by atoms with E-state index in [1.165, 1.54) is 41.7 Å². The molecular weight excluding hydrogens is 472 g/mol. The van der Waals surface area contributed by atoms with Gasteiger partial charge in [0.2, 0.25) is 11.8 Å². The number of anilines is 2. The molecule has 2 aromatic carbocycles. The summed E-state index contributed by atoms with van der Waals surface area (Å²) in [7, 11) is 0. The second-order valence-electron chi connectivity index (χ2n) is 8.03. The van der Waals surface area contributed by atoms with Gasteiger partial charge in [0.25, 0.3) is 5.69 Å². The fraction of sp³-hybridized carbons (Fsp3) is 0.292. The maximum Gasteiger partial charge on any atom is 0.270 e. The summed E-state index contributed by atoms with van der Waals surface area (Å²) in [6.07, 6.45) is 5.30. The van der Waals surface area contributed by atoms with Gasteiger partial charge >= 0.3 is 0 Å². The van der Waals surface area contributed by atoms with Gasteiger partial charge in [-0.3, -0.25) is 19.7 Å². The maximum atomic E-state index is 12.5. The molecule has 0 spiro atoms. The molecule has 1 aliphatic carbocycles. The van der Waals surface area contributed by atoms with Crippen molar-refractivity contribution in [3.8, 4) is 11.3 Å². The molecule has 1 heterocycles. The number of hydrogen-bond donors (Lipinski definition) is 2. The monoisotopic (exact) mass is 496 g/mol. The minimum atomic E-state index is -0.452. The molecule has 0 aliphatic heterocycles. The van der Waals surface area contributed by atoms with Crippen molar-refractivity contribution in [2.24, 2.45) is 5.92 Å². The zero-order valence-corrected chi connectivity index (χ0v) is 20.0. The largest absolute Gasteiger partial charge is 0.326 e. The lowest BCUT2D eigenvalue weighted by Crippen LogP contribution is -2.24. The van der Waals surface area contributed by atoms with Gasteiger partial charge in [0.15, 0.2) is 5.13 Å². The summed E-state index contributed by atoms with van der Waals surface area (Å²) < 4.78 is 0. The summed E-state index contributed by atoms with van der Waals surface area (Å²) in [5.74, 6) is 0.136. The molecule has 10 heteroatoms. The van der Waals surface area contributed by atoms with Gasteiger partial charge in [-0.15, -0.1) is 23.1 Å². The molecule has 0 bridgehead atoms. The number of amides is 2. The van der Waals surface area contributed by atoms with Gasteiger partial charge in [-0.05, 0) is 31.0 Å². The van der Waals surface area contributed by atoms with E-state index in [4.69, 9.17) is 0 Å². The van der Waals surface area contributed by atoms with Crippen LogP contribution in [0.2, 0.25) is 0 Å². The highest BCUT2D eigenvalue weighted by Crippen LogP contribution is 2.29. The first-order valence-corrected chi connectivity index (χ1v) is 12.9. The minimum absolute atomic E-state index is 0.00959. The summed E-state index contributed by atoms with van der Waals surface area (Å²) in [6, 6.07) is 13.7. The van der Waals surface area contributed by atoms with Crippen LogP contribution in [0.25, 0.3) is 11.3 Å². The number of hydrogen-bond acceptors (Lipinski definition) is 7. The van der Waals surface area contributed by atoms with Crippen LogP contribution < -0.4 is 10.6 Å². The molecule has 34 heavy (non-hydrogen) atoms. The molecule has 2 amide bonds. The standard InChI is InChI=1S/C24H24N4O4S2/c29-22(27-24-26-21(14-34-24)17-8-4-10-19(12-17)28(31)32)15-33-20-11-5-9-18(13-20)25-23(30)16-6-2-1-3-7-16/h4-5,8-14,16H,1-3,6-7,15H2,(H,25,30)(H,26,27,29). The second kappa shape index (κ2) is 11.3. The lowest BCUT2D eigenvalue weighted by atomic mass is 9.88. The minimum Gasteiger partial charge on any atom is -0.326 e. The Balaban J connectivity index is 1.30. The number of aromatic nitrogens is 1. The third kappa shape index (κ3) is 6.42. The Kier molecular flexibility index (Phi) is 7.91. The van der Waals surface area contributed by atoms with Crippen LogP contribution in [0.15, 0.2) is 58.8 Å². The van der Waals surface area contributed by atoms with E-state index in [2.05, 4.69) is 15.6 Å². The van der Waals surface area contributed by atoms with E-state index < -0.39 is 4.92 Å². The number of rotatable bonds is 8. The number of carbonyl (C=O) groups excluding carboxylic acids is 2.